The Hall–Kier alpha value is -8.10. The van der Waals surface area contributed by atoms with E-state index in [9.17, 15) is 114 Å². The third-order valence-electron chi connectivity index (χ3n) is 20.4. The molecule has 0 radical (unpaired) electrons. The van der Waals surface area contributed by atoms with E-state index in [1.807, 2.05) is 67.5 Å². The van der Waals surface area contributed by atoms with Crippen molar-refractivity contribution >= 4 is 0 Å². The van der Waals surface area contributed by atoms with Crippen molar-refractivity contribution < 1.29 is 114 Å². The zero-order valence-electron chi connectivity index (χ0n) is 63.3. The zero-order valence-corrected chi connectivity index (χ0v) is 63.3. The second kappa shape index (κ2) is 32.7. The normalized spacial score (nSPS) is 18.2. The minimum absolute atomic E-state index is 0.0134. The Labute approximate surface area is 633 Å². The van der Waals surface area contributed by atoms with Crippen molar-refractivity contribution in [3.05, 3.63) is 204 Å². The van der Waals surface area contributed by atoms with Gasteiger partial charge in [-0.05, 0) is 241 Å². The molecule has 1 atom stereocenters. The Balaban J connectivity index is 0.000000210. The highest BCUT2D eigenvalue weighted by molar-refractivity contribution is 5.49. The monoisotopic (exact) mass is 1620 g/mol. The number of hydrogen-bond acceptors (Lipinski definition) is 4. The topological polar surface area (TPSA) is 84.3 Å². The third-order valence-corrected chi connectivity index (χ3v) is 20.4. The van der Waals surface area contributed by atoms with Crippen LogP contribution in [0.5, 0.6) is 0 Å². The zero-order chi connectivity index (χ0) is 85.6. The van der Waals surface area contributed by atoms with Crippen LogP contribution in [0.1, 0.15) is 297 Å². The molecule has 30 heteroatoms. The van der Waals surface area contributed by atoms with Crippen LogP contribution >= 0.6 is 0 Å². The van der Waals surface area contributed by atoms with Crippen molar-refractivity contribution in [3.8, 4) is 18.2 Å². The van der Waals surface area contributed by atoms with Gasteiger partial charge in [0.2, 0.25) is 0 Å². The number of alkyl halides is 26. The van der Waals surface area contributed by atoms with E-state index >= 15 is 0 Å². The molecule has 0 aliphatic heterocycles. The maximum Gasteiger partial charge on any atom is 0.433 e. The number of aromatic nitrogens is 1. The van der Waals surface area contributed by atoms with Gasteiger partial charge in [-0.2, -0.15) is 121 Å². The summed E-state index contributed by atoms with van der Waals surface area (Å²) in [6.07, 6.45) is -34.1. The van der Waals surface area contributed by atoms with Crippen LogP contribution < -0.4 is 0 Å². The first-order valence-electron chi connectivity index (χ1n) is 35.7. The van der Waals surface area contributed by atoms with Gasteiger partial charge in [-0.1, -0.05) is 113 Å². The fraction of sp³-hybridized carbons (Fsp3) is 0.537. The van der Waals surface area contributed by atoms with Crippen LogP contribution in [0.15, 0.2) is 103 Å². The fourth-order valence-corrected chi connectivity index (χ4v) is 12.0. The molecule has 614 valence electrons. The van der Waals surface area contributed by atoms with E-state index in [0.29, 0.717) is 71.6 Å². The summed E-state index contributed by atoms with van der Waals surface area (Å²) in [6.45, 7) is 24.4. The fourth-order valence-electron chi connectivity index (χ4n) is 12.0. The van der Waals surface area contributed by atoms with E-state index in [0.717, 1.165) is 60.4 Å². The van der Waals surface area contributed by atoms with Crippen molar-refractivity contribution in [3.63, 3.8) is 0 Å². The summed E-state index contributed by atoms with van der Waals surface area (Å²) >= 11 is 0. The number of nitrogens with zero attached hydrogens (tertiary/aromatic N) is 4. The molecule has 0 saturated heterocycles. The van der Waals surface area contributed by atoms with Crippen molar-refractivity contribution in [2.24, 2.45) is 0 Å². The lowest BCUT2D eigenvalue weighted by molar-refractivity contribution is -0.182. The Morgan fingerprint density at radius 1 is 0.348 bits per heavy atom. The SMILES string of the molecule is CC(C)c1cc(C(F)(F)F)cc(C(C)(C)C#N)c1.CC(C)c1cc(C(F)(F)F)cc(C2(C#N)CC2)c1.CC(C)c1cc(C(F)(F)F)cc(C2(C(F)(F)F)CC2(F)F)c1.CC(C)c1cc(C(F)(F)F)cc(C2(C(F)(F)F)CC2)c1.CC(C)c1cc(C(F)(F)F)nc(C2(C#N)CC2)c1.CC(C)c1cc(C2CC2)cc(C(F)(F)F)c1. The maximum absolute atomic E-state index is 13.4. The van der Waals surface area contributed by atoms with Gasteiger partial charge in [0.1, 0.15) is 5.69 Å². The van der Waals surface area contributed by atoms with Gasteiger partial charge in [0, 0.05) is 6.42 Å². The number of pyridine rings is 1. The predicted octanol–water partition coefficient (Wildman–Crippen LogP) is 28.6. The first-order valence-corrected chi connectivity index (χ1v) is 35.7. The largest absolute Gasteiger partial charge is 0.433 e. The highest BCUT2D eigenvalue weighted by atomic mass is 19.4. The van der Waals surface area contributed by atoms with Gasteiger partial charge in [0.25, 0.3) is 5.92 Å². The molecule has 1 unspecified atom stereocenters. The quantitative estimate of drug-likeness (QED) is 0.114. The highest BCUT2D eigenvalue weighted by Gasteiger charge is 2.84. The average molecular weight is 1620 g/mol. The minimum Gasteiger partial charge on any atom is -0.247 e. The third kappa shape index (κ3) is 22.3. The van der Waals surface area contributed by atoms with E-state index in [-0.39, 0.29) is 70.9 Å². The van der Waals surface area contributed by atoms with E-state index in [1.54, 1.807) is 45.9 Å². The summed E-state index contributed by atoms with van der Waals surface area (Å²) in [4.78, 5) is 3.64. The van der Waals surface area contributed by atoms with E-state index in [4.69, 9.17) is 15.8 Å². The molecule has 5 aromatic carbocycles. The molecule has 1 heterocycles. The van der Waals surface area contributed by atoms with E-state index < -0.39 is 134 Å². The first kappa shape index (κ1) is 92.8. The Bertz CT molecular complexity index is 4190. The summed E-state index contributed by atoms with van der Waals surface area (Å²) in [6, 6.07) is 26.0. The van der Waals surface area contributed by atoms with E-state index in [2.05, 4.69) is 17.1 Å². The Morgan fingerprint density at radius 2 is 0.661 bits per heavy atom. The van der Waals surface area contributed by atoms with E-state index in [1.165, 1.54) is 38.1 Å². The molecule has 0 amide bonds. The first-order chi connectivity index (χ1) is 50.7. The summed E-state index contributed by atoms with van der Waals surface area (Å²) in [5.74, 6) is -4.41. The van der Waals surface area contributed by atoms with Crippen molar-refractivity contribution in [2.75, 3.05) is 0 Å². The second-order valence-corrected chi connectivity index (χ2v) is 31.6. The Kier molecular flexibility index (Phi) is 27.0. The van der Waals surface area contributed by atoms with Crippen molar-refractivity contribution in [1.82, 2.24) is 4.98 Å². The summed E-state index contributed by atoms with van der Waals surface area (Å²) in [5, 5.41) is 27.2. The second-order valence-electron chi connectivity index (χ2n) is 31.6. The number of nitriles is 3. The molecule has 112 heavy (non-hydrogen) atoms. The molecular weight excluding hydrogens is 1530 g/mol. The maximum atomic E-state index is 13.4. The van der Waals surface area contributed by atoms with Gasteiger partial charge in [0.15, 0.2) is 5.41 Å². The molecule has 4 nitrogen and oxygen atoms in total. The lowest BCUT2D eigenvalue weighted by atomic mass is 9.83. The highest BCUT2D eigenvalue weighted by Crippen LogP contribution is 2.69. The van der Waals surface area contributed by atoms with Crippen LogP contribution in [0, 0.1) is 34.0 Å². The van der Waals surface area contributed by atoms with Gasteiger partial charge in [-0.15, -0.1) is 0 Å². The molecule has 5 fully saturated rings. The predicted molar refractivity (Wildman–Crippen MR) is 369 cm³/mol. The lowest BCUT2D eigenvalue weighted by Gasteiger charge is -2.23. The van der Waals surface area contributed by atoms with Gasteiger partial charge in [-0.25, -0.2) is 13.8 Å². The number of rotatable bonds is 12. The molecule has 0 bridgehead atoms. The summed E-state index contributed by atoms with van der Waals surface area (Å²) in [5.41, 5.74) is -9.49. The summed E-state index contributed by atoms with van der Waals surface area (Å²) in [7, 11) is 0. The standard InChI is InChI=1S/C14H12F8.C14H14F6.C14H14F3N.C14H16F3N.C13H13F3N2.C13H15F3/c1-7(2)8-3-9(5-10(4-8)13(17,18)19)11(14(20,21)22)6-12(11,15)16;1-8(2)9-5-10(7-11(6-9)13(15,16)17)12(3-4-12)14(18,19)20;1-9(2)10-5-11(13(8-18)3-4-13)7-12(6-10)14(15,16)17;1-9(2)10-5-11(13(3,4)8-18)7-12(6-10)14(15,16)17;1-8(2)9-5-10(12(7-17)3-4-12)18-11(6-9)13(14,15)16;1-8(2)10-5-11(9-3-4-9)7-12(6-10)13(14,15)16/h3-5,7H,6H2,1-2H3;5-8H,3-4H2,1-2H3;5-7,9H,3-4H2,1-2H3;5-7,9H,1-4H3;5-6,8H,3-4H2,1-2H3;5-9H,3-4H2,1-2H3. The molecule has 1 aromatic heterocycles. The molecular formula is C82H84F26N4. The van der Waals surface area contributed by atoms with Crippen LogP contribution in [-0.2, 0) is 64.1 Å². The van der Waals surface area contributed by atoms with Gasteiger partial charge in [-0.3, -0.25) is 0 Å². The molecule has 5 aliphatic rings. The molecule has 11 rings (SSSR count). The summed E-state index contributed by atoms with van der Waals surface area (Å²) < 4.78 is 336. The Morgan fingerprint density at radius 3 is 0.964 bits per heavy atom. The van der Waals surface area contributed by atoms with Crippen LogP contribution in [0.4, 0.5) is 114 Å². The number of halogens is 26. The number of benzene rings is 5. The minimum atomic E-state index is -5.32. The number of hydrogen-bond donors (Lipinski definition) is 0. The van der Waals surface area contributed by atoms with Crippen LogP contribution in [0.2, 0.25) is 0 Å². The molecule has 0 N–H and O–H groups in total. The lowest BCUT2D eigenvalue weighted by Crippen LogP contribution is -2.35. The van der Waals surface area contributed by atoms with Crippen LogP contribution in [-0.4, -0.2) is 23.3 Å². The smallest absolute Gasteiger partial charge is 0.247 e. The van der Waals surface area contributed by atoms with Crippen LogP contribution in [0.3, 0.4) is 0 Å². The molecule has 0 spiro atoms. The van der Waals surface area contributed by atoms with Gasteiger partial charge < -0.3 is 0 Å². The van der Waals surface area contributed by atoms with Crippen molar-refractivity contribution in [1.29, 1.82) is 15.8 Å². The van der Waals surface area contributed by atoms with Gasteiger partial charge in [0.05, 0.1) is 73.4 Å². The van der Waals surface area contributed by atoms with Crippen LogP contribution in [0.25, 0.3) is 0 Å². The molecule has 5 aliphatic carbocycles. The molecule has 5 saturated carbocycles. The van der Waals surface area contributed by atoms with Gasteiger partial charge >= 0.3 is 49.4 Å². The molecule has 6 aromatic rings. The van der Waals surface area contributed by atoms with Crippen molar-refractivity contribution in [2.45, 2.75) is 279 Å². The average Bonchev–Trinajstić information content (AvgIpc) is 1.51.